The van der Waals surface area contributed by atoms with Gasteiger partial charge >= 0.3 is 0 Å². The van der Waals surface area contributed by atoms with Gasteiger partial charge in [0.2, 0.25) is 0 Å². The molecule has 0 fully saturated rings. The Morgan fingerprint density at radius 1 is 1.24 bits per heavy atom. The molecule has 1 aromatic heterocycles. The number of nitrogens with one attached hydrogen (secondary N) is 1. The monoisotopic (exact) mass is 281 g/mol. The van der Waals surface area contributed by atoms with Crippen molar-refractivity contribution < 1.29 is 9.90 Å². The molecule has 2 aromatic carbocycles. The van der Waals surface area contributed by atoms with Crippen LogP contribution >= 0.6 is 0 Å². The molecule has 5 nitrogen and oxygen atoms in total. The van der Waals surface area contributed by atoms with Crippen molar-refractivity contribution >= 4 is 16.9 Å². The van der Waals surface area contributed by atoms with Crippen molar-refractivity contribution in [3.63, 3.8) is 0 Å². The predicted octanol–water partition coefficient (Wildman–Crippen LogP) is 2.54. The van der Waals surface area contributed by atoms with Gasteiger partial charge in [0.25, 0.3) is 5.91 Å². The van der Waals surface area contributed by atoms with E-state index in [1.54, 1.807) is 54.7 Å². The van der Waals surface area contributed by atoms with E-state index in [1.807, 2.05) is 6.07 Å². The van der Waals surface area contributed by atoms with Crippen molar-refractivity contribution in [1.82, 2.24) is 14.9 Å². The summed E-state index contributed by atoms with van der Waals surface area (Å²) < 4.78 is 0. The van der Waals surface area contributed by atoms with Gasteiger partial charge in [0, 0.05) is 19.2 Å². The highest BCUT2D eigenvalue weighted by Crippen LogP contribution is 2.15. The molecular weight excluding hydrogens is 266 g/mol. The fourth-order valence-corrected chi connectivity index (χ4v) is 2.24. The Bertz CT molecular complexity index is 778. The average molecular weight is 281 g/mol. The molecule has 2 N–H and O–H groups in total. The number of fused-ring (bicyclic) bond motifs is 1. The summed E-state index contributed by atoms with van der Waals surface area (Å²) in [4.78, 5) is 21.2. The van der Waals surface area contributed by atoms with Crippen LogP contribution in [0.15, 0.2) is 48.8 Å². The van der Waals surface area contributed by atoms with E-state index in [1.165, 1.54) is 0 Å². The highest BCUT2D eigenvalue weighted by molar-refractivity contribution is 5.97. The largest absolute Gasteiger partial charge is 0.508 e. The Balaban J connectivity index is 1.78. The van der Waals surface area contributed by atoms with E-state index in [0.29, 0.717) is 12.1 Å². The molecule has 1 heterocycles. The Kier molecular flexibility index (Phi) is 3.31. The maximum Gasteiger partial charge on any atom is 0.253 e. The van der Waals surface area contributed by atoms with Crippen LogP contribution in [0.4, 0.5) is 0 Å². The fraction of sp³-hybridized carbons (Fsp3) is 0.125. The molecule has 3 rings (SSSR count). The Morgan fingerprint density at radius 3 is 2.76 bits per heavy atom. The third-order valence-corrected chi connectivity index (χ3v) is 3.37. The van der Waals surface area contributed by atoms with E-state index in [2.05, 4.69) is 9.97 Å². The number of carbonyl (C=O) groups excluding carboxylic acids is 1. The number of imidazole rings is 1. The standard InChI is InChI=1S/C16H15N3O2/c1-19(9-11-2-5-13(20)6-3-11)16(21)12-4-7-14-15(8-12)18-10-17-14/h2-8,10,20H,9H2,1H3,(H,17,18). The van der Waals surface area contributed by atoms with Crippen molar-refractivity contribution in [2.45, 2.75) is 6.54 Å². The van der Waals surface area contributed by atoms with Gasteiger partial charge in [-0.15, -0.1) is 0 Å². The molecule has 1 amide bonds. The summed E-state index contributed by atoms with van der Waals surface area (Å²) in [7, 11) is 1.76. The summed E-state index contributed by atoms with van der Waals surface area (Å²) >= 11 is 0. The van der Waals surface area contributed by atoms with Crippen molar-refractivity contribution in [2.24, 2.45) is 0 Å². The van der Waals surface area contributed by atoms with Crippen LogP contribution in [-0.2, 0) is 6.54 Å². The Morgan fingerprint density at radius 2 is 2.00 bits per heavy atom. The van der Waals surface area contributed by atoms with Crippen LogP contribution in [0.1, 0.15) is 15.9 Å². The van der Waals surface area contributed by atoms with Gasteiger partial charge in [0.15, 0.2) is 0 Å². The summed E-state index contributed by atoms with van der Waals surface area (Å²) in [6.07, 6.45) is 1.61. The van der Waals surface area contributed by atoms with Gasteiger partial charge in [0.05, 0.1) is 17.4 Å². The molecule has 0 aliphatic heterocycles. The van der Waals surface area contributed by atoms with E-state index in [9.17, 15) is 9.90 Å². The van der Waals surface area contributed by atoms with E-state index < -0.39 is 0 Å². The van der Waals surface area contributed by atoms with Crippen molar-refractivity contribution in [3.05, 3.63) is 59.9 Å². The molecule has 3 aromatic rings. The fourth-order valence-electron chi connectivity index (χ4n) is 2.24. The minimum atomic E-state index is -0.0559. The van der Waals surface area contributed by atoms with Gasteiger partial charge in [-0.05, 0) is 35.9 Å². The van der Waals surface area contributed by atoms with Crippen molar-refractivity contribution in [3.8, 4) is 5.75 Å². The number of hydrogen-bond acceptors (Lipinski definition) is 3. The third kappa shape index (κ3) is 2.72. The highest BCUT2D eigenvalue weighted by Gasteiger charge is 2.13. The van der Waals surface area contributed by atoms with E-state index in [0.717, 1.165) is 16.6 Å². The van der Waals surface area contributed by atoms with Crippen LogP contribution in [0.5, 0.6) is 5.75 Å². The zero-order valence-electron chi connectivity index (χ0n) is 11.6. The lowest BCUT2D eigenvalue weighted by atomic mass is 10.1. The first-order chi connectivity index (χ1) is 10.1. The third-order valence-electron chi connectivity index (χ3n) is 3.37. The van der Waals surface area contributed by atoms with E-state index in [4.69, 9.17) is 0 Å². The molecule has 106 valence electrons. The number of phenols is 1. The lowest BCUT2D eigenvalue weighted by Gasteiger charge is -2.17. The second-order valence-electron chi connectivity index (χ2n) is 4.96. The number of aromatic hydroxyl groups is 1. The van der Waals surface area contributed by atoms with Crippen LogP contribution in [-0.4, -0.2) is 32.9 Å². The molecule has 0 aliphatic carbocycles. The van der Waals surface area contributed by atoms with Crippen molar-refractivity contribution in [1.29, 1.82) is 0 Å². The topological polar surface area (TPSA) is 69.2 Å². The van der Waals surface area contributed by atoms with Crippen LogP contribution < -0.4 is 0 Å². The lowest BCUT2D eigenvalue weighted by molar-refractivity contribution is 0.0785. The number of phenolic OH excluding ortho intramolecular Hbond substituents is 1. The van der Waals surface area contributed by atoms with Gasteiger partial charge < -0.3 is 15.0 Å². The van der Waals surface area contributed by atoms with Gasteiger partial charge in [-0.2, -0.15) is 0 Å². The van der Waals surface area contributed by atoms with E-state index in [-0.39, 0.29) is 11.7 Å². The molecule has 0 radical (unpaired) electrons. The summed E-state index contributed by atoms with van der Waals surface area (Å²) in [6, 6.07) is 12.2. The van der Waals surface area contributed by atoms with Gasteiger partial charge in [-0.3, -0.25) is 4.79 Å². The SMILES string of the molecule is CN(Cc1ccc(O)cc1)C(=O)c1ccc2nc[nH]c2c1. The first-order valence-corrected chi connectivity index (χ1v) is 6.60. The molecule has 0 bridgehead atoms. The Hall–Kier alpha value is -2.82. The average Bonchev–Trinajstić information content (AvgIpc) is 2.96. The van der Waals surface area contributed by atoms with Crippen LogP contribution in [0, 0.1) is 0 Å². The van der Waals surface area contributed by atoms with Gasteiger partial charge in [-0.1, -0.05) is 12.1 Å². The Labute approximate surface area is 121 Å². The molecule has 21 heavy (non-hydrogen) atoms. The number of benzene rings is 2. The molecule has 0 atom stereocenters. The lowest BCUT2D eigenvalue weighted by Crippen LogP contribution is -2.26. The van der Waals surface area contributed by atoms with E-state index >= 15 is 0 Å². The number of aromatic amines is 1. The number of hydrogen-bond donors (Lipinski definition) is 2. The number of nitrogens with zero attached hydrogens (tertiary/aromatic N) is 2. The normalized spacial score (nSPS) is 10.7. The molecule has 0 aliphatic rings. The number of amides is 1. The minimum absolute atomic E-state index is 0.0559. The van der Waals surface area contributed by atoms with Crippen LogP contribution in [0.2, 0.25) is 0 Å². The maximum atomic E-state index is 12.4. The maximum absolute atomic E-state index is 12.4. The summed E-state index contributed by atoms with van der Waals surface area (Å²) in [5, 5.41) is 9.27. The molecule has 0 spiro atoms. The van der Waals surface area contributed by atoms with Gasteiger partial charge in [-0.25, -0.2) is 4.98 Å². The zero-order chi connectivity index (χ0) is 14.8. The van der Waals surface area contributed by atoms with Crippen molar-refractivity contribution in [2.75, 3.05) is 7.05 Å². The molecule has 0 saturated heterocycles. The number of aromatic nitrogens is 2. The quantitative estimate of drug-likeness (QED) is 0.775. The minimum Gasteiger partial charge on any atom is -0.508 e. The summed E-state index contributed by atoms with van der Waals surface area (Å²) in [5.74, 6) is 0.164. The van der Waals surface area contributed by atoms with Crippen LogP contribution in [0.3, 0.4) is 0 Å². The summed E-state index contributed by atoms with van der Waals surface area (Å²) in [6.45, 7) is 0.486. The molecule has 0 unspecified atom stereocenters. The first kappa shape index (κ1) is 13.2. The smallest absolute Gasteiger partial charge is 0.253 e. The first-order valence-electron chi connectivity index (χ1n) is 6.60. The van der Waals surface area contributed by atoms with Crippen LogP contribution in [0.25, 0.3) is 11.0 Å². The highest BCUT2D eigenvalue weighted by atomic mass is 16.3. The second kappa shape index (κ2) is 5.28. The summed E-state index contributed by atoms with van der Waals surface area (Å²) in [5.41, 5.74) is 3.27. The number of rotatable bonds is 3. The number of carbonyl (C=O) groups is 1. The molecule has 0 saturated carbocycles. The predicted molar refractivity (Wildman–Crippen MR) is 80.0 cm³/mol. The zero-order valence-corrected chi connectivity index (χ0v) is 11.6. The number of H-pyrrole nitrogens is 1. The second-order valence-corrected chi connectivity index (χ2v) is 4.96. The molecular formula is C16H15N3O2. The van der Waals surface area contributed by atoms with Gasteiger partial charge in [0.1, 0.15) is 5.75 Å². The molecule has 5 heteroatoms.